The number of carbonyl (C=O) groups is 1. The van der Waals surface area contributed by atoms with Gasteiger partial charge in [0.25, 0.3) is 0 Å². The van der Waals surface area contributed by atoms with Gasteiger partial charge >= 0.3 is 6.09 Å². The molecule has 26 heavy (non-hydrogen) atoms. The summed E-state index contributed by atoms with van der Waals surface area (Å²) in [7, 11) is 0. The lowest BCUT2D eigenvalue weighted by molar-refractivity contribution is 0.0186. The van der Waals surface area contributed by atoms with Gasteiger partial charge < -0.3 is 25.2 Å². The summed E-state index contributed by atoms with van der Waals surface area (Å²) in [5, 5.41) is 0. The van der Waals surface area contributed by atoms with Crippen LogP contribution in [-0.4, -0.2) is 84.2 Å². The summed E-state index contributed by atoms with van der Waals surface area (Å²) >= 11 is 0. The van der Waals surface area contributed by atoms with Crippen LogP contribution in [0.5, 0.6) is 0 Å². The minimum absolute atomic E-state index is 0. The number of guanidine groups is 1. The number of halogens is 1. The number of likely N-dealkylation sites (tertiary alicyclic amines) is 1. The Bertz CT molecular complexity index is 510. The van der Waals surface area contributed by atoms with Gasteiger partial charge in [-0.1, -0.05) is 0 Å². The van der Waals surface area contributed by atoms with E-state index < -0.39 is 5.60 Å². The fraction of sp³-hybridized carbons (Fsp3) is 0.889. The maximum absolute atomic E-state index is 12.1. The Morgan fingerprint density at radius 3 is 2.27 bits per heavy atom. The highest BCUT2D eigenvalue weighted by atomic mass is 127. The number of amides is 1. The van der Waals surface area contributed by atoms with Crippen molar-refractivity contribution < 1.29 is 9.53 Å². The monoisotopic (exact) mass is 479 g/mol. The van der Waals surface area contributed by atoms with E-state index in [-0.39, 0.29) is 30.1 Å². The van der Waals surface area contributed by atoms with E-state index in [4.69, 9.17) is 10.5 Å². The van der Waals surface area contributed by atoms with Crippen LogP contribution in [0.4, 0.5) is 4.79 Å². The molecule has 1 atom stereocenters. The molecule has 2 aliphatic heterocycles. The van der Waals surface area contributed by atoms with Gasteiger partial charge in [-0.2, -0.15) is 0 Å². The lowest BCUT2D eigenvalue weighted by Crippen LogP contribution is -2.53. The van der Waals surface area contributed by atoms with Crippen LogP contribution in [0.2, 0.25) is 0 Å². The molecule has 0 aromatic carbocycles. The molecular formula is C18H34IN5O2. The van der Waals surface area contributed by atoms with E-state index in [1.165, 1.54) is 32.4 Å². The van der Waals surface area contributed by atoms with E-state index in [0.717, 1.165) is 12.6 Å². The Labute approximate surface area is 174 Å². The highest BCUT2D eigenvalue weighted by Crippen LogP contribution is 2.31. The molecule has 2 saturated heterocycles. The van der Waals surface area contributed by atoms with Gasteiger partial charge in [-0.25, -0.2) is 4.79 Å². The second kappa shape index (κ2) is 8.95. The van der Waals surface area contributed by atoms with E-state index in [1.807, 2.05) is 20.8 Å². The van der Waals surface area contributed by atoms with Crippen molar-refractivity contribution in [2.75, 3.05) is 45.8 Å². The van der Waals surface area contributed by atoms with Crippen molar-refractivity contribution in [3.05, 3.63) is 0 Å². The molecule has 0 spiro atoms. The molecule has 2 N–H and O–H groups in total. The van der Waals surface area contributed by atoms with E-state index >= 15 is 0 Å². The molecule has 0 aromatic rings. The van der Waals surface area contributed by atoms with E-state index in [2.05, 4.69) is 14.8 Å². The first kappa shape index (κ1) is 21.5. The largest absolute Gasteiger partial charge is 0.444 e. The first-order valence-electron chi connectivity index (χ1n) is 9.58. The quantitative estimate of drug-likeness (QED) is 0.381. The first-order chi connectivity index (χ1) is 11.8. The second-order valence-electron chi connectivity index (χ2n) is 8.53. The van der Waals surface area contributed by atoms with Crippen molar-refractivity contribution in [3.8, 4) is 0 Å². The van der Waals surface area contributed by atoms with Gasteiger partial charge in [-0.15, -0.1) is 24.0 Å². The number of piperazine rings is 1. The third-order valence-electron chi connectivity index (χ3n) is 5.15. The number of aliphatic imine (C=N–C) groups is 1. The number of rotatable bonds is 3. The van der Waals surface area contributed by atoms with Crippen molar-refractivity contribution in [2.24, 2.45) is 16.6 Å². The summed E-state index contributed by atoms with van der Waals surface area (Å²) in [6, 6.07) is 0.854. The number of nitrogens with two attached hydrogens (primary N) is 1. The van der Waals surface area contributed by atoms with E-state index in [9.17, 15) is 4.79 Å². The summed E-state index contributed by atoms with van der Waals surface area (Å²) in [5.74, 6) is 1.26. The van der Waals surface area contributed by atoms with Crippen LogP contribution in [0.3, 0.4) is 0 Å². The van der Waals surface area contributed by atoms with Gasteiger partial charge in [0, 0.05) is 45.3 Å². The average Bonchev–Trinajstić information content (AvgIpc) is 3.30. The number of carbonyl (C=O) groups excluding carboxylic acids is 1. The standard InChI is InChI=1S/C18H33N5O2.HI/c1-18(2,3)25-17(24)22-10-8-21(9-11-22)16(19)20-12-14-6-7-23(13-14)15-4-5-15;/h14-15H,4-13H2,1-3H3,(H2,19,20);1H. The molecule has 0 bridgehead atoms. The Morgan fingerprint density at radius 2 is 1.69 bits per heavy atom. The molecule has 1 saturated carbocycles. The lowest BCUT2D eigenvalue weighted by Gasteiger charge is -2.36. The van der Waals surface area contributed by atoms with E-state index in [1.54, 1.807) is 4.90 Å². The summed E-state index contributed by atoms with van der Waals surface area (Å²) in [6.45, 7) is 11.6. The SMILES string of the molecule is CC(C)(C)OC(=O)N1CCN(C(N)=NCC2CCN(C3CC3)C2)CC1.I. The van der Waals surface area contributed by atoms with Crippen LogP contribution in [0.15, 0.2) is 4.99 Å². The first-order valence-corrected chi connectivity index (χ1v) is 9.58. The molecule has 8 heteroatoms. The zero-order valence-corrected chi connectivity index (χ0v) is 18.6. The van der Waals surface area contributed by atoms with Crippen LogP contribution < -0.4 is 5.73 Å². The molecule has 1 amide bonds. The maximum atomic E-state index is 12.1. The van der Waals surface area contributed by atoms with Gasteiger partial charge in [0.05, 0.1) is 0 Å². The predicted molar refractivity (Wildman–Crippen MR) is 114 cm³/mol. The van der Waals surface area contributed by atoms with Crippen LogP contribution in [0.1, 0.15) is 40.0 Å². The molecule has 2 heterocycles. The van der Waals surface area contributed by atoms with Gasteiger partial charge in [-0.05, 0) is 52.5 Å². The molecule has 150 valence electrons. The van der Waals surface area contributed by atoms with Gasteiger partial charge in [0.2, 0.25) is 0 Å². The zero-order valence-electron chi connectivity index (χ0n) is 16.3. The lowest BCUT2D eigenvalue weighted by atomic mass is 10.1. The van der Waals surface area contributed by atoms with Gasteiger partial charge in [0.15, 0.2) is 5.96 Å². The summed E-state index contributed by atoms with van der Waals surface area (Å²) < 4.78 is 5.42. The molecule has 1 unspecified atom stereocenters. The molecule has 3 fully saturated rings. The average molecular weight is 479 g/mol. The van der Waals surface area contributed by atoms with Gasteiger partial charge in [0.1, 0.15) is 5.60 Å². The molecule has 0 radical (unpaired) electrons. The molecule has 7 nitrogen and oxygen atoms in total. The Balaban J connectivity index is 0.00000243. The third kappa shape index (κ3) is 6.14. The maximum Gasteiger partial charge on any atom is 0.410 e. The molecule has 3 aliphatic rings. The fourth-order valence-corrected chi connectivity index (χ4v) is 3.55. The van der Waals surface area contributed by atoms with Crippen LogP contribution in [0.25, 0.3) is 0 Å². The fourth-order valence-electron chi connectivity index (χ4n) is 3.55. The normalized spacial score (nSPS) is 25.2. The third-order valence-corrected chi connectivity index (χ3v) is 5.15. The molecule has 3 rings (SSSR count). The summed E-state index contributed by atoms with van der Waals surface area (Å²) in [6.07, 6.45) is 3.74. The molecular weight excluding hydrogens is 445 g/mol. The van der Waals surface area contributed by atoms with Crippen molar-refractivity contribution in [3.63, 3.8) is 0 Å². The number of ether oxygens (including phenoxy) is 1. The Hall–Kier alpha value is -0.770. The smallest absolute Gasteiger partial charge is 0.410 e. The topological polar surface area (TPSA) is 74.4 Å². The molecule has 1 aliphatic carbocycles. The zero-order chi connectivity index (χ0) is 18.0. The van der Waals surface area contributed by atoms with Crippen molar-refractivity contribution in [2.45, 2.75) is 51.7 Å². The second-order valence-corrected chi connectivity index (χ2v) is 8.53. The van der Waals surface area contributed by atoms with Crippen LogP contribution in [0, 0.1) is 5.92 Å². The number of nitrogens with zero attached hydrogens (tertiary/aromatic N) is 4. The minimum atomic E-state index is -0.454. The highest BCUT2D eigenvalue weighted by molar-refractivity contribution is 14.0. The van der Waals surface area contributed by atoms with Crippen molar-refractivity contribution >= 4 is 36.0 Å². The highest BCUT2D eigenvalue weighted by Gasteiger charge is 2.34. The minimum Gasteiger partial charge on any atom is -0.444 e. The summed E-state index contributed by atoms with van der Waals surface area (Å²) in [5.41, 5.74) is 5.73. The number of hydrogen-bond acceptors (Lipinski definition) is 4. The summed E-state index contributed by atoms with van der Waals surface area (Å²) in [4.78, 5) is 23.2. The van der Waals surface area contributed by atoms with E-state index in [0.29, 0.717) is 38.1 Å². The Kier molecular flexibility index (Phi) is 7.41. The molecule has 0 aromatic heterocycles. The predicted octanol–water partition coefficient (Wildman–Crippen LogP) is 1.96. The van der Waals surface area contributed by atoms with Crippen molar-refractivity contribution in [1.29, 1.82) is 0 Å². The van der Waals surface area contributed by atoms with Crippen LogP contribution in [-0.2, 0) is 4.74 Å². The number of hydrogen-bond donors (Lipinski definition) is 1. The van der Waals surface area contributed by atoms with Gasteiger partial charge in [-0.3, -0.25) is 4.99 Å². The van der Waals surface area contributed by atoms with Crippen LogP contribution >= 0.6 is 24.0 Å². The Morgan fingerprint density at radius 1 is 1.08 bits per heavy atom. The van der Waals surface area contributed by atoms with Crippen molar-refractivity contribution in [1.82, 2.24) is 14.7 Å².